The van der Waals surface area contributed by atoms with E-state index in [4.69, 9.17) is 11.1 Å². The van der Waals surface area contributed by atoms with E-state index in [9.17, 15) is 22.4 Å². The SMILES string of the molecule is CN/C(=C\C(C)=N)Nc1cc(Nc2ccc(F)cc2C(N)=O)c(C(F)(F)F)cn1. The highest BCUT2D eigenvalue weighted by molar-refractivity contribution is 5.99. The summed E-state index contributed by atoms with van der Waals surface area (Å²) in [5, 5.41) is 15.4. The Morgan fingerprint density at radius 2 is 1.93 bits per heavy atom. The number of hydrogen-bond donors (Lipinski definition) is 5. The van der Waals surface area contributed by atoms with Crippen LogP contribution in [-0.4, -0.2) is 23.7 Å². The van der Waals surface area contributed by atoms with E-state index in [1.807, 2.05) is 0 Å². The summed E-state index contributed by atoms with van der Waals surface area (Å²) in [5.74, 6) is -1.40. The molecule has 0 aliphatic carbocycles. The van der Waals surface area contributed by atoms with Gasteiger partial charge >= 0.3 is 6.18 Å². The highest BCUT2D eigenvalue weighted by Crippen LogP contribution is 2.37. The number of amides is 1. The third kappa shape index (κ3) is 5.67. The van der Waals surface area contributed by atoms with Crippen molar-refractivity contribution >= 4 is 28.8 Å². The first kappa shape index (κ1) is 21.7. The number of pyridine rings is 1. The van der Waals surface area contributed by atoms with Gasteiger partial charge in [-0.25, -0.2) is 9.37 Å². The van der Waals surface area contributed by atoms with Crippen molar-refractivity contribution in [3.63, 3.8) is 0 Å². The van der Waals surface area contributed by atoms with Gasteiger partial charge in [0.1, 0.15) is 17.5 Å². The van der Waals surface area contributed by atoms with E-state index in [1.54, 1.807) is 7.05 Å². The van der Waals surface area contributed by atoms with E-state index in [1.165, 1.54) is 13.0 Å². The van der Waals surface area contributed by atoms with Crippen LogP contribution in [0, 0.1) is 11.2 Å². The molecule has 6 N–H and O–H groups in total. The molecule has 0 saturated heterocycles. The van der Waals surface area contributed by atoms with Crippen LogP contribution in [0.2, 0.25) is 0 Å². The van der Waals surface area contributed by atoms with Gasteiger partial charge in [0.15, 0.2) is 0 Å². The molecule has 2 aromatic rings. The highest BCUT2D eigenvalue weighted by atomic mass is 19.4. The van der Waals surface area contributed by atoms with Gasteiger partial charge in [0.05, 0.1) is 22.5 Å². The van der Waals surface area contributed by atoms with Crippen molar-refractivity contribution < 1.29 is 22.4 Å². The first-order valence-electron chi connectivity index (χ1n) is 8.16. The van der Waals surface area contributed by atoms with Gasteiger partial charge in [0, 0.05) is 25.0 Å². The number of nitrogens with one attached hydrogen (secondary N) is 4. The van der Waals surface area contributed by atoms with Crippen LogP contribution < -0.4 is 21.7 Å². The predicted molar refractivity (Wildman–Crippen MR) is 102 cm³/mol. The van der Waals surface area contributed by atoms with E-state index in [0.717, 1.165) is 24.3 Å². The molecule has 0 unspecified atom stereocenters. The van der Waals surface area contributed by atoms with Crippen LogP contribution in [0.25, 0.3) is 0 Å². The van der Waals surface area contributed by atoms with Gasteiger partial charge in [-0.1, -0.05) is 0 Å². The maximum absolute atomic E-state index is 13.4. The number of carbonyl (C=O) groups is 1. The molecule has 11 heteroatoms. The van der Waals surface area contributed by atoms with Gasteiger partial charge in [-0.3, -0.25) is 4.79 Å². The minimum Gasteiger partial charge on any atom is -0.375 e. The summed E-state index contributed by atoms with van der Waals surface area (Å²) in [6.45, 7) is 1.52. The Morgan fingerprint density at radius 3 is 2.48 bits per heavy atom. The van der Waals surface area contributed by atoms with E-state index in [0.29, 0.717) is 12.0 Å². The summed E-state index contributed by atoms with van der Waals surface area (Å²) in [7, 11) is 1.56. The monoisotopic (exact) mass is 410 g/mol. The van der Waals surface area contributed by atoms with Crippen LogP contribution in [0.3, 0.4) is 0 Å². The number of carbonyl (C=O) groups excluding carboxylic acids is 1. The Labute approximate surface area is 163 Å². The van der Waals surface area contributed by atoms with Crippen molar-refractivity contribution in [2.24, 2.45) is 5.73 Å². The largest absolute Gasteiger partial charge is 0.419 e. The molecule has 1 heterocycles. The molecular weight excluding hydrogens is 392 g/mol. The zero-order valence-electron chi connectivity index (χ0n) is 15.4. The number of nitrogens with two attached hydrogens (primary N) is 1. The second-order valence-electron chi connectivity index (χ2n) is 5.91. The number of benzene rings is 1. The zero-order valence-corrected chi connectivity index (χ0v) is 15.4. The van der Waals surface area contributed by atoms with Gasteiger partial charge in [0.25, 0.3) is 5.91 Å². The van der Waals surface area contributed by atoms with Crippen LogP contribution in [0.1, 0.15) is 22.8 Å². The van der Waals surface area contributed by atoms with E-state index < -0.39 is 29.2 Å². The van der Waals surface area contributed by atoms with Crippen molar-refractivity contribution in [3.05, 3.63) is 59.3 Å². The molecule has 1 aromatic carbocycles. The molecule has 0 atom stereocenters. The molecule has 7 nitrogen and oxygen atoms in total. The number of anilines is 3. The van der Waals surface area contributed by atoms with Crippen molar-refractivity contribution in [1.82, 2.24) is 10.3 Å². The first-order valence-corrected chi connectivity index (χ1v) is 8.16. The molecule has 29 heavy (non-hydrogen) atoms. The second kappa shape index (κ2) is 8.59. The number of allylic oxidation sites excluding steroid dienone is 1. The van der Waals surface area contributed by atoms with Gasteiger partial charge in [-0.15, -0.1) is 0 Å². The number of nitrogens with zero attached hydrogens (tertiary/aromatic N) is 1. The van der Waals surface area contributed by atoms with Crippen molar-refractivity contribution in [1.29, 1.82) is 5.41 Å². The van der Waals surface area contributed by atoms with Crippen molar-refractivity contribution in [2.75, 3.05) is 17.7 Å². The molecule has 0 saturated carbocycles. The molecule has 0 aliphatic heterocycles. The number of halogens is 4. The van der Waals surface area contributed by atoms with Gasteiger partial charge in [-0.05, 0) is 31.2 Å². The molecule has 0 bridgehead atoms. The lowest BCUT2D eigenvalue weighted by Gasteiger charge is -2.18. The third-order valence-corrected chi connectivity index (χ3v) is 3.62. The Hall–Kier alpha value is -3.63. The van der Waals surface area contributed by atoms with Crippen molar-refractivity contribution in [2.45, 2.75) is 13.1 Å². The lowest BCUT2D eigenvalue weighted by molar-refractivity contribution is -0.137. The summed E-state index contributed by atoms with van der Waals surface area (Å²) >= 11 is 0. The Balaban J connectivity index is 2.51. The number of aromatic nitrogens is 1. The van der Waals surface area contributed by atoms with Crippen LogP contribution in [0.5, 0.6) is 0 Å². The van der Waals surface area contributed by atoms with Crippen molar-refractivity contribution in [3.8, 4) is 0 Å². The summed E-state index contributed by atoms with van der Waals surface area (Å²) in [6, 6.07) is 3.99. The van der Waals surface area contributed by atoms with Crippen LogP contribution >= 0.6 is 0 Å². The smallest absolute Gasteiger partial charge is 0.375 e. The number of hydrogen-bond acceptors (Lipinski definition) is 6. The van der Waals surface area contributed by atoms with Crippen LogP contribution in [0.15, 0.2) is 42.4 Å². The molecule has 0 spiro atoms. The standard InChI is InChI=1S/C18H18F4N6O/c1-9(23)5-15(25-2)28-16-7-14(12(8-26-16)18(20,21)22)27-13-4-3-10(19)6-11(13)17(24)29/h3-8,23,25H,1-2H3,(H2,24,29)(H2,26,27,28)/b15-5+,23-9?. The number of alkyl halides is 3. The van der Waals surface area contributed by atoms with E-state index in [-0.39, 0.29) is 22.8 Å². The normalized spacial score (nSPS) is 11.7. The zero-order chi connectivity index (χ0) is 21.8. The molecule has 1 aromatic heterocycles. The van der Waals surface area contributed by atoms with E-state index >= 15 is 0 Å². The molecule has 0 fully saturated rings. The Bertz CT molecular complexity index is 971. The van der Waals surface area contributed by atoms with Gasteiger partial charge < -0.3 is 27.1 Å². The summed E-state index contributed by atoms with van der Waals surface area (Å²) in [5.41, 5.74) is 3.47. The van der Waals surface area contributed by atoms with Crippen LogP contribution in [-0.2, 0) is 6.18 Å². The summed E-state index contributed by atoms with van der Waals surface area (Å²) in [6.07, 6.45) is -2.71. The molecular formula is C18H18F4N6O. The Morgan fingerprint density at radius 1 is 1.24 bits per heavy atom. The number of rotatable bonds is 7. The van der Waals surface area contributed by atoms with E-state index in [2.05, 4.69) is 20.9 Å². The molecule has 0 aliphatic rings. The third-order valence-electron chi connectivity index (χ3n) is 3.62. The molecule has 2 rings (SSSR count). The van der Waals surface area contributed by atoms with Gasteiger partial charge in [0.2, 0.25) is 0 Å². The lowest BCUT2D eigenvalue weighted by Crippen LogP contribution is -2.18. The Kier molecular flexibility index (Phi) is 6.42. The number of primary amides is 1. The van der Waals surface area contributed by atoms with Crippen LogP contribution in [0.4, 0.5) is 34.8 Å². The first-order chi connectivity index (χ1) is 13.5. The second-order valence-corrected chi connectivity index (χ2v) is 5.91. The minimum absolute atomic E-state index is 0.0325. The summed E-state index contributed by atoms with van der Waals surface area (Å²) in [4.78, 5) is 15.3. The molecule has 0 radical (unpaired) electrons. The maximum atomic E-state index is 13.4. The molecule has 154 valence electrons. The molecule has 1 amide bonds. The average molecular weight is 410 g/mol. The lowest BCUT2D eigenvalue weighted by atomic mass is 10.1. The highest BCUT2D eigenvalue weighted by Gasteiger charge is 2.34. The quantitative estimate of drug-likeness (QED) is 0.353. The minimum atomic E-state index is -4.74. The fraction of sp³-hybridized carbons (Fsp3) is 0.167. The average Bonchev–Trinajstić information content (AvgIpc) is 2.61. The predicted octanol–water partition coefficient (Wildman–Crippen LogP) is 3.59. The fourth-order valence-corrected chi connectivity index (χ4v) is 2.35. The fourth-order valence-electron chi connectivity index (χ4n) is 2.35. The summed E-state index contributed by atoms with van der Waals surface area (Å²) < 4.78 is 53.6. The van der Waals surface area contributed by atoms with Gasteiger partial charge in [-0.2, -0.15) is 13.2 Å². The maximum Gasteiger partial charge on any atom is 0.419 e. The topological polar surface area (TPSA) is 116 Å².